The lowest BCUT2D eigenvalue weighted by molar-refractivity contribution is -0.121. The van der Waals surface area contributed by atoms with Gasteiger partial charge in [0.1, 0.15) is 30.6 Å². The van der Waals surface area contributed by atoms with Gasteiger partial charge in [-0.25, -0.2) is 13.6 Å². The molecule has 1 heterocycles. The number of rotatable bonds is 7. The summed E-state index contributed by atoms with van der Waals surface area (Å²) in [5, 5.41) is 1.26. The van der Waals surface area contributed by atoms with E-state index in [1.54, 1.807) is 12.1 Å². The van der Waals surface area contributed by atoms with Crippen molar-refractivity contribution in [2.45, 2.75) is 18.0 Å². The van der Waals surface area contributed by atoms with Crippen molar-refractivity contribution >= 4 is 35.1 Å². The quantitative estimate of drug-likeness (QED) is 0.539. The van der Waals surface area contributed by atoms with Gasteiger partial charge in [-0.15, -0.1) is 11.6 Å². The number of carbonyl (C=O) groups excluding carboxylic acids is 3. The third-order valence-electron chi connectivity index (χ3n) is 4.64. The van der Waals surface area contributed by atoms with Crippen molar-refractivity contribution in [1.29, 1.82) is 0 Å². The van der Waals surface area contributed by atoms with E-state index >= 15 is 0 Å². The van der Waals surface area contributed by atoms with Crippen LogP contribution in [0.5, 0.6) is 0 Å². The van der Waals surface area contributed by atoms with Crippen LogP contribution >= 0.6 is 11.6 Å². The number of ether oxygens (including phenoxy) is 2. The number of nitrogens with two attached hydrogens (primary N) is 2. The zero-order valence-corrected chi connectivity index (χ0v) is 17.2. The van der Waals surface area contributed by atoms with Crippen LogP contribution in [-0.2, 0) is 20.9 Å². The number of hydrogen-bond donors (Lipinski definition) is 3. The summed E-state index contributed by atoms with van der Waals surface area (Å²) in [6.07, 6.45) is -1.08. The number of benzene rings is 2. The first-order chi connectivity index (χ1) is 15.2. The molecule has 0 bridgehead atoms. The molecular weight excluding hydrogens is 448 g/mol. The molecule has 3 amide bonds. The highest BCUT2D eigenvalue weighted by molar-refractivity contribution is 6.33. The van der Waals surface area contributed by atoms with Crippen molar-refractivity contribution < 1.29 is 32.6 Å². The molecule has 5 N–H and O–H groups in total. The Labute approximate surface area is 186 Å². The maximum atomic E-state index is 14.1. The summed E-state index contributed by atoms with van der Waals surface area (Å²) in [5.74, 6) is -3.02. The summed E-state index contributed by atoms with van der Waals surface area (Å²) in [6.45, 7) is -0.737. The molecule has 1 aliphatic rings. The molecule has 1 aliphatic heterocycles. The van der Waals surface area contributed by atoms with Crippen molar-refractivity contribution in [2.24, 2.45) is 11.5 Å². The van der Waals surface area contributed by atoms with Crippen LogP contribution in [0, 0.1) is 11.6 Å². The Morgan fingerprint density at radius 1 is 1.12 bits per heavy atom. The fourth-order valence-corrected chi connectivity index (χ4v) is 3.41. The van der Waals surface area contributed by atoms with Gasteiger partial charge in [0.2, 0.25) is 11.8 Å². The van der Waals surface area contributed by atoms with Crippen LogP contribution in [0.2, 0.25) is 0 Å². The fraction of sp³-hybridized carbons (Fsp3) is 0.190. The van der Waals surface area contributed by atoms with Crippen LogP contribution < -0.4 is 16.8 Å². The molecule has 0 aromatic heterocycles. The van der Waals surface area contributed by atoms with Gasteiger partial charge in [0, 0.05) is 22.8 Å². The number of amides is 3. The summed E-state index contributed by atoms with van der Waals surface area (Å²) in [7, 11) is 0. The minimum atomic E-state index is -1.32. The maximum absolute atomic E-state index is 14.1. The highest BCUT2D eigenvalue weighted by atomic mass is 35.5. The van der Waals surface area contributed by atoms with Crippen LogP contribution in [0.25, 0.3) is 5.57 Å². The van der Waals surface area contributed by atoms with Gasteiger partial charge in [-0.05, 0) is 29.8 Å². The van der Waals surface area contributed by atoms with E-state index in [0.29, 0.717) is 11.6 Å². The number of nitrogens with one attached hydrogen (secondary N) is 1. The van der Waals surface area contributed by atoms with Gasteiger partial charge >= 0.3 is 6.09 Å². The SMILES string of the molecule is NC(=O)OCC1NC(=O)C(Cl)C(OCc2ccc(F)cc2F)=C1c1cccc(C(N)=O)c1. The van der Waals surface area contributed by atoms with Crippen LogP contribution in [0.1, 0.15) is 21.5 Å². The number of carbonyl (C=O) groups is 3. The van der Waals surface area contributed by atoms with E-state index in [1.807, 2.05) is 0 Å². The van der Waals surface area contributed by atoms with E-state index in [9.17, 15) is 23.2 Å². The molecule has 2 atom stereocenters. The van der Waals surface area contributed by atoms with Gasteiger partial charge in [-0.3, -0.25) is 9.59 Å². The average molecular weight is 466 g/mol. The van der Waals surface area contributed by atoms with E-state index in [1.165, 1.54) is 18.2 Å². The zero-order valence-electron chi connectivity index (χ0n) is 16.4. The fourth-order valence-electron chi connectivity index (χ4n) is 3.16. The third-order valence-corrected chi connectivity index (χ3v) is 5.04. The van der Waals surface area contributed by atoms with E-state index in [-0.39, 0.29) is 35.7 Å². The molecule has 0 saturated heterocycles. The first-order valence-corrected chi connectivity index (χ1v) is 9.68. The Morgan fingerprint density at radius 3 is 2.53 bits per heavy atom. The molecule has 2 unspecified atom stereocenters. The smallest absolute Gasteiger partial charge is 0.404 e. The van der Waals surface area contributed by atoms with E-state index < -0.39 is 41.0 Å². The van der Waals surface area contributed by atoms with E-state index in [0.717, 1.165) is 6.07 Å². The molecule has 2 aromatic carbocycles. The zero-order chi connectivity index (χ0) is 23.4. The van der Waals surface area contributed by atoms with Crippen LogP contribution in [-0.4, -0.2) is 35.9 Å². The van der Waals surface area contributed by atoms with E-state index in [4.69, 9.17) is 32.5 Å². The van der Waals surface area contributed by atoms with Gasteiger partial charge in [-0.1, -0.05) is 12.1 Å². The van der Waals surface area contributed by atoms with Crippen LogP contribution in [0.4, 0.5) is 13.6 Å². The largest absolute Gasteiger partial charge is 0.491 e. The summed E-state index contributed by atoms with van der Waals surface area (Å²) in [6, 6.07) is 8.07. The van der Waals surface area contributed by atoms with Crippen LogP contribution in [0.15, 0.2) is 48.2 Å². The number of alkyl halides is 1. The van der Waals surface area contributed by atoms with Crippen molar-refractivity contribution in [2.75, 3.05) is 6.61 Å². The van der Waals surface area contributed by atoms with Gasteiger partial charge < -0.3 is 26.3 Å². The maximum Gasteiger partial charge on any atom is 0.404 e. The summed E-state index contributed by atoms with van der Waals surface area (Å²) >= 11 is 6.27. The molecule has 0 saturated carbocycles. The van der Waals surface area contributed by atoms with Crippen molar-refractivity contribution in [1.82, 2.24) is 5.32 Å². The third kappa shape index (κ3) is 5.14. The van der Waals surface area contributed by atoms with Gasteiger partial charge in [0.25, 0.3) is 0 Å². The molecule has 11 heteroatoms. The van der Waals surface area contributed by atoms with Gasteiger partial charge in [0.05, 0.1) is 6.04 Å². The van der Waals surface area contributed by atoms with Crippen LogP contribution in [0.3, 0.4) is 0 Å². The number of primary amides is 2. The molecule has 168 valence electrons. The second kappa shape index (κ2) is 9.65. The molecule has 32 heavy (non-hydrogen) atoms. The standard InChI is InChI=1S/C21H18ClF2N3O5/c22-17-18(31-8-12-4-5-13(23)7-14(12)24)16(10-2-1-3-11(6-10)19(25)28)15(27-20(17)29)9-32-21(26)30/h1-7,15,17H,8-9H2,(H2,25,28)(H2,26,30)(H,27,29). The minimum absolute atomic E-state index is 0.0175. The first-order valence-electron chi connectivity index (χ1n) is 9.25. The molecule has 0 fully saturated rings. The second-order valence-electron chi connectivity index (χ2n) is 6.80. The number of halogens is 3. The minimum Gasteiger partial charge on any atom is -0.491 e. The molecular formula is C21H18ClF2N3O5. The van der Waals surface area contributed by atoms with Crippen molar-refractivity contribution in [3.63, 3.8) is 0 Å². The van der Waals surface area contributed by atoms with Crippen molar-refractivity contribution in [3.05, 3.63) is 76.5 Å². The Morgan fingerprint density at radius 2 is 1.88 bits per heavy atom. The Bertz CT molecular complexity index is 1110. The average Bonchev–Trinajstić information content (AvgIpc) is 2.74. The highest BCUT2D eigenvalue weighted by Crippen LogP contribution is 2.33. The second-order valence-corrected chi connectivity index (χ2v) is 7.24. The molecule has 2 aromatic rings. The van der Waals surface area contributed by atoms with Gasteiger partial charge in [0.15, 0.2) is 5.38 Å². The van der Waals surface area contributed by atoms with Gasteiger partial charge in [-0.2, -0.15) is 0 Å². The monoisotopic (exact) mass is 465 g/mol. The predicted molar refractivity (Wildman–Crippen MR) is 110 cm³/mol. The lowest BCUT2D eigenvalue weighted by atomic mass is 9.92. The topological polar surface area (TPSA) is 134 Å². The highest BCUT2D eigenvalue weighted by Gasteiger charge is 2.37. The molecule has 3 rings (SSSR count). The normalized spacial score (nSPS) is 18.2. The Balaban J connectivity index is 2.07. The summed E-state index contributed by atoms with van der Waals surface area (Å²) < 4.78 is 37.8. The lowest BCUT2D eigenvalue weighted by Gasteiger charge is -2.32. The summed E-state index contributed by atoms with van der Waals surface area (Å²) in [4.78, 5) is 35.1. The number of hydrogen-bond acceptors (Lipinski definition) is 5. The Kier molecular flexibility index (Phi) is 6.94. The summed E-state index contributed by atoms with van der Waals surface area (Å²) in [5.41, 5.74) is 11.2. The molecule has 0 spiro atoms. The molecule has 0 aliphatic carbocycles. The molecule has 0 radical (unpaired) electrons. The Hall–Kier alpha value is -3.66. The predicted octanol–water partition coefficient (Wildman–Crippen LogP) is 2.19. The lowest BCUT2D eigenvalue weighted by Crippen LogP contribution is -2.49. The van der Waals surface area contributed by atoms with E-state index in [2.05, 4.69) is 5.32 Å². The molecule has 8 nitrogen and oxygen atoms in total. The first kappa shape index (κ1) is 23.0. The van der Waals surface area contributed by atoms with Crippen molar-refractivity contribution in [3.8, 4) is 0 Å².